The minimum atomic E-state index is -3.38. The van der Waals surface area contributed by atoms with Gasteiger partial charge < -0.3 is 5.32 Å². The SMILES string of the molecule is Cc1c(C(=O)NCc2cccc(NS(C)(=O)=O)c2)cnn1-c1ccc(=O)[nH]n1. The van der Waals surface area contributed by atoms with Gasteiger partial charge in [-0.05, 0) is 30.7 Å². The molecule has 146 valence electrons. The van der Waals surface area contributed by atoms with Crippen molar-refractivity contribution in [1.29, 1.82) is 0 Å². The molecule has 3 N–H and O–H groups in total. The van der Waals surface area contributed by atoms with Gasteiger partial charge in [0.05, 0.1) is 23.7 Å². The Kier molecular flexibility index (Phi) is 5.27. The zero-order chi connectivity index (χ0) is 20.3. The number of anilines is 1. The summed E-state index contributed by atoms with van der Waals surface area (Å²) < 4.78 is 26.5. The molecule has 2 aromatic heterocycles. The number of hydrogen-bond donors (Lipinski definition) is 3. The Morgan fingerprint density at radius 3 is 2.71 bits per heavy atom. The van der Waals surface area contributed by atoms with Crippen LogP contribution in [-0.4, -0.2) is 40.6 Å². The van der Waals surface area contributed by atoms with E-state index in [9.17, 15) is 18.0 Å². The summed E-state index contributed by atoms with van der Waals surface area (Å²) in [6, 6.07) is 9.55. The first-order chi connectivity index (χ1) is 13.2. The van der Waals surface area contributed by atoms with Gasteiger partial charge in [-0.3, -0.25) is 14.3 Å². The molecule has 0 aliphatic rings. The lowest BCUT2D eigenvalue weighted by atomic mass is 10.2. The van der Waals surface area contributed by atoms with Crippen LogP contribution in [0.25, 0.3) is 5.82 Å². The first-order valence-corrected chi connectivity index (χ1v) is 10.1. The first-order valence-electron chi connectivity index (χ1n) is 8.18. The van der Waals surface area contributed by atoms with Gasteiger partial charge in [0.25, 0.3) is 11.5 Å². The maximum absolute atomic E-state index is 12.5. The molecule has 3 rings (SSSR count). The summed E-state index contributed by atoms with van der Waals surface area (Å²) in [6.45, 7) is 1.92. The second-order valence-electron chi connectivity index (χ2n) is 6.09. The van der Waals surface area contributed by atoms with E-state index in [4.69, 9.17) is 0 Å². The third-order valence-electron chi connectivity index (χ3n) is 3.82. The predicted octanol–water partition coefficient (Wildman–Crippen LogP) is 0.566. The normalized spacial score (nSPS) is 11.2. The highest BCUT2D eigenvalue weighted by Crippen LogP contribution is 2.14. The number of aromatic nitrogens is 4. The van der Waals surface area contributed by atoms with Crippen LogP contribution in [0.1, 0.15) is 21.6 Å². The molecule has 0 atom stereocenters. The highest BCUT2D eigenvalue weighted by Gasteiger charge is 2.15. The van der Waals surface area contributed by atoms with Crippen LogP contribution in [0.5, 0.6) is 0 Å². The van der Waals surface area contributed by atoms with Gasteiger partial charge in [0.2, 0.25) is 10.0 Å². The van der Waals surface area contributed by atoms with Crippen molar-refractivity contribution in [2.24, 2.45) is 0 Å². The highest BCUT2D eigenvalue weighted by molar-refractivity contribution is 7.92. The number of sulfonamides is 1. The van der Waals surface area contributed by atoms with Gasteiger partial charge >= 0.3 is 0 Å². The molecule has 10 nitrogen and oxygen atoms in total. The predicted molar refractivity (Wildman–Crippen MR) is 103 cm³/mol. The molecule has 0 bridgehead atoms. The van der Waals surface area contributed by atoms with Gasteiger partial charge in [0.1, 0.15) is 0 Å². The van der Waals surface area contributed by atoms with E-state index in [-0.39, 0.29) is 18.0 Å². The van der Waals surface area contributed by atoms with E-state index in [1.54, 1.807) is 31.2 Å². The van der Waals surface area contributed by atoms with Gasteiger partial charge in [0, 0.05) is 18.3 Å². The summed E-state index contributed by atoms with van der Waals surface area (Å²) in [6.07, 6.45) is 2.48. The molecular weight excluding hydrogens is 384 g/mol. The molecular formula is C17H18N6O4S. The number of amides is 1. The molecule has 1 aromatic carbocycles. The van der Waals surface area contributed by atoms with Gasteiger partial charge in [-0.2, -0.15) is 10.2 Å². The number of nitrogens with one attached hydrogen (secondary N) is 3. The highest BCUT2D eigenvalue weighted by atomic mass is 32.2. The molecule has 0 saturated carbocycles. The standard InChI is InChI=1S/C17H18N6O4S/c1-11-14(10-19-23(11)15-6-7-16(24)21-20-15)17(25)18-9-12-4-3-5-13(8-12)22-28(2,26)27/h3-8,10,22H,9H2,1-2H3,(H,18,25)(H,21,24). The third-order valence-corrected chi connectivity index (χ3v) is 4.43. The van der Waals surface area contributed by atoms with E-state index in [1.165, 1.54) is 23.0 Å². The van der Waals surface area contributed by atoms with Gasteiger partial charge in [-0.15, -0.1) is 0 Å². The van der Waals surface area contributed by atoms with Crippen molar-refractivity contribution in [3.63, 3.8) is 0 Å². The molecule has 0 fully saturated rings. The van der Waals surface area contributed by atoms with E-state index in [0.717, 1.165) is 11.8 Å². The van der Waals surface area contributed by atoms with E-state index in [0.29, 0.717) is 22.8 Å². The number of nitrogens with zero attached hydrogens (tertiary/aromatic N) is 3. The topological polar surface area (TPSA) is 139 Å². The second-order valence-corrected chi connectivity index (χ2v) is 7.84. The second kappa shape index (κ2) is 7.64. The fourth-order valence-electron chi connectivity index (χ4n) is 2.56. The van der Waals surface area contributed by atoms with Crippen LogP contribution in [0.4, 0.5) is 5.69 Å². The maximum Gasteiger partial charge on any atom is 0.264 e. The average molecular weight is 402 g/mol. The molecule has 0 unspecified atom stereocenters. The van der Waals surface area contributed by atoms with Crippen LogP contribution in [0.3, 0.4) is 0 Å². The number of aromatic amines is 1. The Bertz CT molecular complexity index is 1160. The Labute approximate surface area is 160 Å². The fraction of sp³-hybridized carbons (Fsp3) is 0.176. The summed E-state index contributed by atoms with van der Waals surface area (Å²) >= 11 is 0. The lowest BCUT2D eigenvalue weighted by molar-refractivity contribution is 0.0950. The molecule has 28 heavy (non-hydrogen) atoms. The van der Waals surface area contributed by atoms with Crippen molar-refractivity contribution in [2.75, 3.05) is 11.0 Å². The van der Waals surface area contributed by atoms with Crippen molar-refractivity contribution in [2.45, 2.75) is 13.5 Å². The summed E-state index contributed by atoms with van der Waals surface area (Å²) in [5, 5.41) is 13.1. The summed E-state index contributed by atoms with van der Waals surface area (Å²) in [5.41, 5.74) is 1.74. The Balaban J connectivity index is 1.71. The monoisotopic (exact) mass is 402 g/mol. The van der Waals surface area contributed by atoms with E-state index < -0.39 is 10.0 Å². The van der Waals surface area contributed by atoms with Crippen molar-refractivity contribution in [1.82, 2.24) is 25.3 Å². The quantitative estimate of drug-likeness (QED) is 0.551. The lowest BCUT2D eigenvalue weighted by Gasteiger charge is -2.08. The van der Waals surface area contributed by atoms with E-state index >= 15 is 0 Å². The summed E-state index contributed by atoms with van der Waals surface area (Å²) in [4.78, 5) is 23.6. The fourth-order valence-corrected chi connectivity index (χ4v) is 3.11. The Morgan fingerprint density at radius 2 is 2.04 bits per heavy atom. The Morgan fingerprint density at radius 1 is 1.25 bits per heavy atom. The molecule has 2 heterocycles. The number of hydrogen-bond acceptors (Lipinski definition) is 6. The lowest BCUT2D eigenvalue weighted by Crippen LogP contribution is -2.23. The van der Waals surface area contributed by atoms with Crippen molar-refractivity contribution >= 4 is 21.6 Å². The number of rotatable bonds is 6. The van der Waals surface area contributed by atoms with Crippen molar-refractivity contribution < 1.29 is 13.2 Å². The zero-order valence-electron chi connectivity index (χ0n) is 15.1. The molecule has 11 heteroatoms. The smallest absolute Gasteiger partial charge is 0.264 e. The molecule has 0 aliphatic heterocycles. The average Bonchev–Trinajstić information content (AvgIpc) is 3.01. The number of benzene rings is 1. The largest absolute Gasteiger partial charge is 0.348 e. The van der Waals surface area contributed by atoms with Crippen LogP contribution < -0.4 is 15.6 Å². The number of carbonyl (C=O) groups is 1. The minimum absolute atomic E-state index is 0.208. The summed E-state index contributed by atoms with van der Waals surface area (Å²) in [5.74, 6) is 0.0466. The first kappa shape index (κ1) is 19.3. The molecule has 0 spiro atoms. The molecule has 3 aromatic rings. The van der Waals surface area contributed by atoms with E-state index in [1.807, 2.05) is 0 Å². The van der Waals surface area contributed by atoms with Crippen LogP contribution in [0.15, 0.2) is 47.4 Å². The zero-order valence-corrected chi connectivity index (χ0v) is 15.9. The van der Waals surface area contributed by atoms with Crippen LogP contribution in [-0.2, 0) is 16.6 Å². The van der Waals surface area contributed by atoms with Crippen LogP contribution in [0, 0.1) is 6.92 Å². The number of carbonyl (C=O) groups excluding carboxylic acids is 1. The summed E-state index contributed by atoms with van der Waals surface area (Å²) in [7, 11) is -3.38. The van der Waals surface area contributed by atoms with Gasteiger partial charge in [-0.1, -0.05) is 12.1 Å². The molecule has 0 radical (unpaired) electrons. The van der Waals surface area contributed by atoms with E-state index in [2.05, 4.69) is 25.3 Å². The Hall–Kier alpha value is -3.47. The number of H-pyrrole nitrogens is 1. The van der Waals surface area contributed by atoms with Crippen LogP contribution in [0.2, 0.25) is 0 Å². The molecule has 0 saturated heterocycles. The van der Waals surface area contributed by atoms with Gasteiger partial charge in [-0.25, -0.2) is 18.2 Å². The van der Waals surface area contributed by atoms with Crippen molar-refractivity contribution in [3.8, 4) is 5.82 Å². The third kappa shape index (κ3) is 4.62. The van der Waals surface area contributed by atoms with Crippen LogP contribution >= 0.6 is 0 Å². The minimum Gasteiger partial charge on any atom is -0.348 e. The van der Waals surface area contributed by atoms with Crippen molar-refractivity contribution in [3.05, 3.63) is 69.8 Å². The van der Waals surface area contributed by atoms with Gasteiger partial charge in [0.15, 0.2) is 5.82 Å². The molecule has 1 amide bonds. The maximum atomic E-state index is 12.5. The molecule has 0 aliphatic carbocycles.